The number of rotatable bonds is 6. The molecule has 7 nitrogen and oxygen atoms in total. The number of imidazole rings is 1. The summed E-state index contributed by atoms with van der Waals surface area (Å²) >= 11 is 0. The number of fused-ring (bicyclic) bond motifs is 1. The number of carbonyl (C=O) groups excluding carboxylic acids is 2. The van der Waals surface area contributed by atoms with Gasteiger partial charge in [-0.3, -0.25) is 9.59 Å². The lowest BCUT2D eigenvalue weighted by Crippen LogP contribution is -2.32. The highest BCUT2D eigenvalue weighted by Crippen LogP contribution is 2.29. The van der Waals surface area contributed by atoms with Crippen molar-refractivity contribution in [2.75, 3.05) is 11.4 Å². The van der Waals surface area contributed by atoms with Crippen LogP contribution in [0.15, 0.2) is 36.8 Å². The summed E-state index contributed by atoms with van der Waals surface area (Å²) in [5.41, 5.74) is 7.32. The number of amides is 2. The Bertz CT molecular complexity index is 769. The van der Waals surface area contributed by atoms with Crippen LogP contribution in [-0.2, 0) is 11.2 Å². The van der Waals surface area contributed by atoms with Gasteiger partial charge >= 0.3 is 0 Å². The number of aromatic nitrogens is 2. The molecule has 1 aromatic carbocycles. The molecular formula is C17H20N4O3. The molecule has 0 radical (unpaired) electrons. The van der Waals surface area contributed by atoms with Crippen LogP contribution >= 0.6 is 0 Å². The van der Waals surface area contributed by atoms with Gasteiger partial charge in [-0.15, -0.1) is 0 Å². The van der Waals surface area contributed by atoms with Crippen LogP contribution in [0.25, 0.3) is 0 Å². The SMILES string of the molecule is C[C@H](O)[C@@H](CCN1C(=O)Cc2ccccc21)n1cnc(C(N)=O)c1. The van der Waals surface area contributed by atoms with Crippen molar-refractivity contribution in [1.82, 2.24) is 9.55 Å². The predicted octanol–water partition coefficient (Wildman–Crippen LogP) is 0.883. The number of benzene rings is 1. The van der Waals surface area contributed by atoms with Gasteiger partial charge in [-0.25, -0.2) is 4.98 Å². The topological polar surface area (TPSA) is 101 Å². The molecule has 2 atom stereocenters. The van der Waals surface area contributed by atoms with Crippen LogP contribution in [0.5, 0.6) is 0 Å². The number of aliphatic hydroxyl groups excluding tert-OH is 1. The van der Waals surface area contributed by atoms with Gasteiger partial charge in [0.1, 0.15) is 5.69 Å². The van der Waals surface area contributed by atoms with E-state index in [1.807, 2.05) is 24.3 Å². The van der Waals surface area contributed by atoms with Gasteiger partial charge in [0.25, 0.3) is 5.91 Å². The number of nitrogens with two attached hydrogens (primary N) is 1. The first-order chi connectivity index (χ1) is 11.5. The molecule has 1 aliphatic rings. The Labute approximate surface area is 139 Å². The van der Waals surface area contributed by atoms with Gasteiger partial charge in [0, 0.05) is 18.4 Å². The maximum absolute atomic E-state index is 12.2. The zero-order valence-electron chi connectivity index (χ0n) is 13.4. The molecule has 7 heteroatoms. The van der Waals surface area contributed by atoms with Crippen LogP contribution < -0.4 is 10.6 Å². The molecule has 0 unspecified atom stereocenters. The molecule has 0 fully saturated rings. The fourth-order valence-corrected chi connectivity index (χ4v) is 3.11. The maximum Gasteiger partial charge on any atom is 0.268 e. The molecule has 3 rings (SSSR count). The molecule has 0 spiro atoms. The molecule has 2 amide bonds. The fourth-order valence-electron chi connectivity index (χ4n) is 3.11. The third-order valence-corrected chi connectivity index (χ3v) is 4.37. The van der Waals surface area contributed by atoms with Gasteiger partial charge in [0.2, 0.25) is 5.91 Å². The average molecular weight is 328 g/mol. The lowest BCUT2D eigenvalue weighted by atomic mass is 10.1. The van der Waals surface area contributed by atoms with E-state index < -0.39 is 12.0 Å². The highest BCUT2D eigenvalue weighted by Gasteiger charge is 2.28. The molecule has 0 saturated carbocycles. The summed E-state index contributed by atoms with van der Waals surface area (Å²) in [6, 6.07) is 7.41. The lowest BCUT2D eigenvalue weighted by molar-refractivity contribution is -0.117. The minimum absolute atomic E-state index is 0.0593. The monoisotopic (exact) mass is 328 g/mol. The summed E-state index contributed by atoms with van der Waals surface area (Å²) in [5, 5.41) is 10.1. The Morgan fingerprint density at radius 2 is 2.17 bits per heavy atom. The van der Waals surface area contributed by atoms with Gasteiger partial charge in [0.15, 0.2) is 0 Å². The van der Waals surface area contributed by atoms with E-state index in [2.05, 4.69) is 4.98 Å². The fraction of sp³-hybridized carbons (Fsp3) is 0.353. The number of hydrogen-bond acceptors (Lipinski definition) is 4. The number of anilines is 1. The Morgan fingerprint density at radius 1 is 1.42 bits per heavy atom. The predicted molar refractivity (Wildman–Crippen MR) is 88.6 cm³/mol. The van der Waals surface area contributed by atoms with Crippen LogP contribution in [0.3, 0.4) is 0 Å². The molecule has 0 saturated heterocycles. The summed E-state index contributed by atoms with van der Waals surface area (Å²) in [6.07, 6.45) is 3.29. The number of carbonyl (C=O) groups is 2. The van der Waals surface area contributed by atoms with Crippen molar-refractivity contribution < 1.29 is 14.7 Å². The van der Waals surface area contributed by atoms with Gasteiger partial charge in [-0.05, 0) is 25.0 Å². The second-order valence-electron chi connectivity index (χ2n) is 6.02. The maximum atomic E-state index is 12.2. The first-order valence-corrected chi connectivity index (χ1v) is 7.87. The number of para-hydroxylation sites is 1. The molecule has 3 N–H and O–H groups in total. The molecular weight excluding hydrogens is 308 g/mol. The summed E-state index contributed by atoms with van der Waals surface area (Å²) in [4.78, 5) is 29.1. The van der Waals surface area contributed by atoms with Crippen LogP contribution in [-0.4, -0.2) is 39.1 Å². The first kappa shape index (κ1) is 16.2. The van der Waals surface area contributed by atoms with Gasteiger partial charge in [-0.1, -0.05) is 18.2 Å². The van der Waals surface area contributed by atoms with Crippen molar-refractivity contribution in [3.8, 4) is 0 Å². The Kier molecular flexibility index (Phi) is 4.35. The number of primary amides is 1. The quantitative estimate of drug-likeness (QED) is 0.822. The lowest BCUT2D eigenvalue weighted by Gasteiger charge is -2.25. The van der Waals surface area contributed by atoms with Crippen LogP contribution in [0.2, 0.25) is 0 Å². The minimum Gasteiger partial charge on any atom is -0.391 e. The zero-order valence-corrected chi connectivity index (χ0v) is 13.4. The van der Waals surface area contributed by atoms with Gasteiger partial charge < -0.3 is 20.3 Å². The second kappa shape index (κ2) is 6.45. The number of nitrogens with zero attached hydrogens (tertiary/aromatic N) is 3. The molecule has 126 valence electrons. The summed E-state index contributed by atoms with van der Waals surface area (Å²) in [7, 11) is 0. The van der Waals surface area contributed by atoms with E-state index in [-0.39, 0.29) is 17.6 Å². The van der Waals surface area contributed by atoms with Gasteiger partial charge in [-0.2, -0.15) is 0 Å². The van der Waals surface area contributed by atoms with Crippen molar-refractivity contribution >= 4 is 17.5 Å². The Hall–Kier alpha value is -2.67. The number of aliphatic hydroxyl groups is 1. The van der Waals surface area contributed by atoms with E-state index in [1.165, 1.54) is 12.5 Å². The summed E-state index contributed by atoms with van der Waals surface area (Å²) in [6.45, 7) is 2.16. The average Bonchev–Trinajstić information content (AvgIpc) is 3.12. The van der Waals surface area contributed by atoms with E-state index in [0.717, 1.165) is 11.3 Å². The van der Waals surface area contributed by atoms with Crippen molar-refractivity contribution in [2.24, 2.45) is 5.73 Å². The van der Waals surface area contributed by atoms with E-state index >= 15 is 0 Å². The van der Waals surface area contributed by atoms with Crippen molar-refractivity contribution in [3.05, 3.63) is 48.0 Å². The minimum atomic E-state index is -0.659. The highest BCUT2D eigenvalue weighted by atomic mass is 16.3. The van der Waals surface area contributed by atoms with Crippen LogP contribution in [0.4, 0.5) is 5.69 Å². The van der Waals surface area contributed by atoms with E-state index in [1.54, 1.807) is 16.4 Å². The molecule has 0 aliphatic carbocycles. The van der Waals surface area contributed by atoms with Crippen molar-refractivity contribution in [2.45, 2.75) is 31.9 Å². The van der Waals surface area contributed by atoms with Crippen LogP contribution in [0, 0.1) is 0 Å². The van der Waals surface area contributed by atoms with Crippen molar-refractivity contribution in [1.29, 1.82) is 0 Å². The zero-order chi connectivity index (χ0) is 17.3. The molecule has 2 aromatic rings. The first-order valence-electron chi connectivity index (χ1n) is 7.87. The number of hydrogen-bond donors (Lipinski definition) is 2. The highest BCUT2D eigenvalue weighted by molar-refractivity contribution is 6.01. The Morgan fingerprint density at radius 3 is 2.83 bits per heavy atom. The second-order valence-corrected chi connectivity index (χ2v) is 6.02. The largest absolute Gasteiger partial charge is 0.391 e. The smallest absolute Gasteiger partial charge is 0.268 e. The van der Waals surface area contributed by atoms with Crippen LogP contribution in [0.1, 0.15) is 35.4 Å². The third-order valence-electron chi connectivity index (χ3n) is 4.37. The normalized spacial score (nSPS) is 16.1. The summed E-state index contributed by atoms with van der Waals surface area (Å²) < 4.78 is 1.68. The van der Waals surface area contributed by atoms with E-state index in [4.69, 9.17) is 5.73 Å². The molecule has 1 aromatic heterocycles. The van der Waals surface area contributed by atoms with Gasteiger partial charge in [0.05, 0.1) is 24.9 Å². The molecule has 2 heterocycles. The Balaban J connectivity index is 1.75. The van der Waals surface area contributed by atoms with Crippen molar-refractivity contribution in [3.63, 3.8) is 0 Å². The summed E-state index contributed by atoms with van der Waals surface area (Å²) in [5.74, 6) is -0.550. The standard InChI is InChI=1S/C17H20N4O3/c1-11(22)14(20-9-13(17(18)24)19-10-20)6-7-21-15-5-3-2-4-12(15)8-16(21)23/h2-5,9-11,14,22H,6-8H2,1H3,(H2,18,24)/t11-,14+/m0/s1. The molecule has 1 aliphatic heterocycles. The molecule has 24 heavy (non-hydrogen) atoms. The van der Waals surface area contributed by atoms with E-state index in [0.29, 0.717) is 19.4 Å². The third kappa shape index (κ3) is 3.03. The van der Waals surface area contributed by atoms with E-state index in [9.17, 15) is 14.7 Å². The molecule has 0 bridgehead atoms.